The van der Waals surface area contributed by atoms with Crippen LogP contribution in [0.5, 0.6) is 0 Å². The van der Waals surface area contributed by atoms with Gasteiger partial charge >= 0.3 is 0 Å². The lowest BCUT2D eigenvalue weighted by atomic mass is 9.91. The highest BCUT2D eigenvalue weighted by atomic mass is 16.5. The summed E-state index contributed by atoms with van der Waals surface area (Å²) in [6, 6.07) is 0. The van der Waals surface area contributed by atoms with E-state index in [0.29, 0.717) is 18.6 Å². The average Bonchev–Trinajstić information content (AvgIpc) is 2.53. The molecule has 0 radical (unpaired) electrons. The summed E-state index contributed by atoms with van der Waals surface area (Å²) < 4.78 is 4.92. The summed E-state index contributed by atoms with van der Waals surface area (Å²) in [6.45, 7) is 10.3. The zero-order valence-corrected chi connectivity index (χ0v) is 10.5. The van der Waals surface area contributed by atoms with E-state index in [2.05, 4.69) is 27.7 Å². The van der Waals surface area contributed by atoms with E-state index in [-0.39, 0.29) is 13.3 Å². The number of nitrogens with two attached hydrogens (primary N) is 1. The van der Waals surface area contributed by atoms with Gasteiger partial charge in [0, 0.05) is 8.03 Å². The molecule has 15 heavy (non-hydrogen) atoms. The summed E-state index contributed by atoms with van der Waals surface area (Å²) in [6.07, 6.45) is 3.45. The first-order valence-corrected chi connectivity index (χ1v) is 5.74. The highest BCUT2D eigenvalue weighted by Crippen LogP contribution is 2.19. The molecule has 0 aromatic rings. The van der Waals surface area contributed by atoms with Gasteiger partial charge in [0.15, 0.2) is 0 Å². The quantitative estimate of drug-likeness (QED) is 0.773. The zero-order valence-electron chi connectivity index (χ0n) is 10.5. The molecule has 1 fully saturated rings. The summed E-state index contributed by atoms with van der Waals surface area (Å²) in [5.41, 5.74) is 5.53. The minimum atomic E-state index is -0.234. The zero-order chi connectivity index (χ0) is 11.9. The number of carbonyl (C=O) groups excluding carboxylic acids is 1. The second kappa shape index (κ2) is 6.83. The van der Waals surface area contributed by atoms with Crippen LogP contribution in [0.4, 0.5) is 0 Å². The van der Waals surface area contributed by atoms with Gasteiger partial charge in [-0.2, -0.15) is 0 Å². The van der Waals surface area contributed by atoms with Gasteiger partial charge in [0.05, 0.1) is 12.5 Å². The van der Waals surface area contributed by atoms with Crippen molar-refractivity contribution in [2.24, 2.45) is 17.1 Å². The molecule has 1 rings (SSSR count). The summed E-state index contributed by atoms with van der Waals surface area (Å²) >= 11 is 0. The third-order valence-corrected chi connectivity index (χ3v) is 2.33. The molecule has 0 aliphatic carbocycles. The van der Waals surface area contributed by atoms with E-state index < -0.39 is 0 Å². The first-order valence-electron chi connectivity index (χ1n) is 5.74. The van der Waals surface area contributed by atoms with Crippen LogP contribution in [0.2, 0.25) is 0 Å². The van der Waals surface area contributed by atoms with E-state index in [4.69, 9.17) is 10.5 Å². The molecule has 1 saturated heterocycles. The molecule has 1 aliphatic rings. The fraction of sp³-hybridized carbons (Fsp3) is 0.917. The number of ether oxygens (including phenoxy) is 1. The van der Waals surface area contributed by atoms with E-state index in [1.165, 1.54) is 12.8 Å². The summed E-state index contributed by atoms with van der Waals surface area (Å²) in [7, 11) is 0. The number of carbonyl (C=O) groups is 1. The Morgan fingerprint density at radius 3 is 2.27 bits per heavy atom. The van der Waals surface area contributed by atoms with Crippen LogP contribution in [0, 0.1) is 11.3 Å². The van der Waals surface area contributed by atoms with E-state index in [0.717, 1.165) is 6.42 Å². The fourth-order valence-electron chi connectivity index (χ4n) is 1.51. The maximum absolute atomic E-state index is 10.3. The number of amides is 1. The molecule has 0 spiro atoms. The molecule has 1 atom stereocenters. The number of primary amides is 1. The van der Waals surface area contributed by atoms with E-state index in [1.807, 2.05) is 0 Å². The largest absolute Gasteiger partial charge is 0.381 e. The van der Waals surface area contributed by atoms with Crippen molar-refractivity contribution in [2.45, 2.75) is 47.0 Å². The summed E-state index contributed by atoms with van der Waals surface area (Å²) in [5.74, 6) is -0.252. The Bertz CT molecular complexity index is 184. The number of rotatable bonds is 2. The molecule has 0 aromatic heterocycles. The van der Waals surface area contributed by atoms with Gasteiger partial charge in [0.25, 0.3) is 0 Å². The second-order valence-electron chi connectivity index (χ2n) is 5.27. The molecular weight excluding hydrogens is 190 g/mol. The van der Waals surface area contributed by atoms with E-state index in [9.17, 15) is 4.79 Å². The highest BCUT2D eigenvalue weighted by molar-refractivity contribution is 5.76. The van der Waals surface area contributed by atoms with Gasteiger partial charge in [0.1, 0.15) is 0 Å². The third-order valence-electron chi connectivity index (χ3n) is 2.33. The van der Waals surface area contributed by atoms with Crippen LogP contribution in [0.1, 0.15) is 48.4 Å². The van der Waals surface area contributed by atoms with Crippen molar-refractivity contribution < 1.29 is 11.0 Å². The molecule has 1 unspecified atom stereocenters. The normalized spacial score (nSPS) is 20.7. The predicted molar refractivity (Wildman–Crippen MR) is 64.6 cm³/mol. The maximum Gasteiger partial charge on any atom is 0.222 e. The van der Waals surface area contributed by atoms with Gasteiger partial charge in [-0.3, -0.25) is 4.79 Å². The van der Waals surface area contributed by atoms with Gasteiger partial charge in [-0.15, -0.1) is 0 Å². The number of hydrogen-bond acceptors (Lipinski definition) is 2. The molecular formula is C12H27NO2. The fourth-order valence-corrected chi connectivity index (χ4v) is 1.51. The highest BCUT2D eigenvalue weighted by Gasteiger charge is 2.20. The van der Waals surface area contributed by atoms with Crippen LogP contribution < -0.4 is 5.73 Å². The van der Waals surface area contributed by atoms with Crippen molar-refractivity contribution >= 4 is 5.91 Å². The molecule has 0 aromatic carbocycles. The monoisotopic (exact) mass is 217 g/mol. The lowest BCUT2D eigenvalue weighted by Gasteiger charge is -2.15. The van der Waals surface area contributed by atoms with Gasteiger partial charge < -0.3 is 10.5 Å². The Labute approximate surface area is 94.9 Å². The maximum atomic E-state index is 10.3. The lowest BCUT2D eigenvalue weighted by Crippen LogP contribution is -2.22. The first kappa shape index (κ1) is 14.4. The van der Waals surface area contributed by atoms with Gasteiger partial charge in [-0.1, -0.05) is 34.1 Å². The van der Waals surface area contributed by atoms with Crippen LogP contribution >= 0.6 is 0 Å². The van der Waals surface area contributed by atoms with Gasteiger partial charge in [-0.05, 0) is 18.3 Å². The third kappa shape index (κ3) is 8.43. The van der Waals surface area contributed by atoms with Crippen molar-refractivity contribution in [2.75, 3.05) is 13.2 Å². The van der Waals surface area contributed by atoms with Crippen molar-refractivity contribution in [3.8, 4) is 0 Å². The minimum absolute atomic E-state index is 0. The van der Waals surface area contributed by atoms with E-state index >= 15 is 0 Å². The number of hydrogen-bond donors (Lipinski definition) is 1. The summed E-state index contributed by atoms with van der Waals surface area (Å²) in [5, 5.41) is 0. The van der Waals surface area contributed by atoms with Crippen LogP contribution in [0.15, 0.2) is 0 Å². The second-order valence-corrected chi connectivity index (χ2v) is 5.27. The Morgan fingerprint density at radius 1 is 1.53 bits per heavy atom. The lowest BCUT2D eigenvalue weighted by molar-refractivity contribution is -0.121. The van der Waals surface area contributed by atoms with Crippen LogP contribution in [0.3, 0.4) is 0 Å². The topological polar surface area (TPSA) is 52.3 Å². The average molecular weight is 217 g/mol. The molecule has 92 valence electrons. The van der Waals surface area contributed by atoms with Crippen molar-refractivity contribution in [3.05, 3.63) is 0 Å². The summed E-state index contributed by atoms with van der Waals surface area (Å²) in [4.78, 5) is 10.3. The molecule has 1 aliphatic heterocycles. The molecule has 0 bridgehead atoms. The molecule has 0 saturated carbocycles. The molecule has 3 heteroatoms. The Morgan fingerprint density at radius 2 is 2.13 bits per heavy atom. The first-order chi connectivity index (χ1) is 6.87. The smallest absolute Gasteiger partial charge is 0.222 e. The Kier molecular flexibility index (Phi) is 6.57. The molecule has 1 heterocycles. The SMILES string of the molecule is CCCC(C)(C)C.NC(=O)C1CCOC1.[HH]. The molecule has 1 amide bonds. The predicted octanol–water partition coefficient (Wildman–Crippen LogP) is 2.59. The van der Waals surface area contributed by atoms with Gasteiger partial charge in [0.2, 0.25) is 5.91 Å². The Balaban J connectivity index is 0. The van der Waals surface area contributed by atoms with E-state index in [1.54, 1.807) is 0 Å². The van der Waals surface area contributed by atoms with Crippen molar-refractivity contribution in [3.63, 3.8) is 0 Å². The van der Waals surface area contributed by atoms with Gasteiger partial charge in [-0.25, -0.2) is 0 Å². The standard InChI is InChI=1S/C7H16.C5H9NO2.H2/c1-5-6-7(2,3)4;6-5(7)4-1-2-8-3-4;/h5-6H2,1-4H3;4H,1-3H2,(H2,6,7);1H. The van der Waals surface area contributed by atoms with Crippen LogP contribution in [-0.4, -0.2) is 19.1 Å². The molecule has 2 N–H and O–H groups in total. The minimum Gasteiger partial charge on any atom is -0.381 e. The van der Waals surface area contributed by atoms with Crippen LogP contribution in [0.25, 0.3) is 0 Å². The van der Waals surface area contributed by atoms with Crippen molar-refractivity contribution in [1.29, 1.82) is 0 Å². The van der Waals surface area contributed by atoms with Crippen LogP contribution in [-0.2, 0) is 9.53 Å². The van der Waals surface area contributed by atoms with Crippen molar-refractivity contribution in [1.82, 2.24) is 0 Å². The molecule has 3 nitrogen and oxygen atoms in total. The Hall–Kier alpha value is -0.570.